The van der Waals surface area contributed by atoms with Crippen molar-refractivity contribution in [3.8, 4) is 5.75 Å². The van der Waals surface area contributed by atoms with Gasteiger partial charge in [0.25, 0.3) is 0 Å². The van der Waals surface area contributed by atoms with Crippen molar-refractivity contribution in [1.29, 1.82) is 0 Å². The Morgan fingerprint density at radius 1 is 0.875 bits per heavy atom. The normalized spacial score (nSPS) is 12.3. The Morgan fingerprint density at radius 2 is 1.44 bits per heavy atom. The largest absolute Gasteiger partial charge is 0.508 e. The first-order valence-corrected chi connectivity index (χ1v) is 5.00. The third-order valence-electron chi connectivity index (χ3n) is 2.52. The maximum Gasteiger partial charge on any atom is 0.121 e. The van der Waals surface area contributed by atoms with Gasteiger partial charge in [0.1, 0.15) is 11.9 Å². The van der Waals surface area contributed by atoms with Gasteiger partial charge in [-0.2, -0.15) is 0 Å². The highest BCUT2D eigenvalue weighted by Gasteiger charge is 2.15. The molecule has 1 unspecified atom stereocenters. The average molecular weight is 215 g/mol. The fourth-order valence-electron chi connectivity index (χ4n) is 1.65. The molecule has 0 aliphatic heterocycles. The van der Waals surface area contributed by atoms with Gasteiger partial charge in [0.15, 0.2) is 0 Å². The second kappa shape index (κ2) is 4.24. The highest BCUT2D eigenvalue weighted by Crippen LogP contribution is 2.31. The minimum Gasteiger partial charge on any atom is -0.508 e. The number of aliphatic hydroxyl groups excluding tert-OH is 1. The van der Waals surface area contributed by atoms with Crippen LogP contribution in [-0.4, -0.2) is 10.2 Å². The van der Waals surface area contributed by atoms with Gasteiger partial charge < -0.3 is 15.9 Å². The summed E-state index contributed by atoms with van der Waals surface area (Å²) in [4.78, 5) is 0. The van der Waals surface area contributed by atoms with Crippen LogP contribution in [0.25, 0.3) is 0 Å². The summed E-state index contributed by atoms with van der Waals surface area (Å²) in [7, 11) is 0. The number of nitrogen functional groups attached to an aromatic ring is 1. The first-order valence-electron chi connectivity index (χ1n) is 5.00. The number of hydrogen-bond acceptors (Lipinski definition) is 3. The van der Waals surface area contributed by atoms with Gasteiger partial charge in [-0.05, 0) is 12.1 Å². The number of hydrogen-bond donors (Lipinski definition) is 3. The summed E-state index contributed by atoms with van der Waals surface area (Å²) in [6.07, 6.45) is -0.901. The summed E-state index contributed by atoms with van der Waals surface area (Å²) in [5.41, 5.74) is 7.34. The highest BCUT2D eigenvalue weighted by atomic mass is 16.3. The van der Waals surface area contributed by atoms with Crippen LogP contribution < -0.4 is 5.73 Å². The van der Waals surface area contributed by atoms with E-state index in [1.807, 2.05) is 0 Å². The van der Waals surface area contributed by atoms with E-state index in [-0.39, 0.29) is 5.75 Å². The first kappa shape index (κ1) is 10.5. The highest BCUT2D eigenvalue weighted by molar-refractivity contribution is 5.52. The molecule has 2 aromatic carbocycles. The van der Waals surface area contributed by atoms with Crippen LogP contribution in [0.3, 0.4) is 0 Å². The number of anilines is 1. The molecule has 0 bridgehead atoms. The summed E-state index contributed by atoms with van der Waals surface area (Å²) < 4.78 is 0. The molecule has 0 aliphatic rings. The summed E-state index contributed by atoms with van der Waals surface area (Å²) in [5.74, 6) is 0.0678. The molecule has 0 spiro atoms. The number of para-hydroxylation sites is 2. The lowest BCUT2D eigenvalue weighted by molar-refractivity contribution is 0.216. The van der Waals surface area contributed by atoms with Gasteiger partial charge in [0, 0.05) is 16.8 Å². The van der Waals surface area contributed by atoms with Gasteiger partial charge in [-0.1, -0.05) is 36.4 Å². The third kappa shape index (κ3) is 1.85. The van der Waals surface area contributed by atoms with E-state index in [0.717, 1.165) is 0 Å². The van der Waals surface area contributed by atoms with E-state index in [9.17, 15) is 10.2 Å². The minimum atomic E-state index is -0.901. The molecule has 3 heteroatoms. The minimum absolute atomic E-state index is 0.0678. The van der Waals surface area contributed by atoms with Crippen molar-refractivity contribution < 1.29 is 10.2 Å². The Bertz CT molecular complexity index is 451. The zero-order chi connectivity index (χ0) is 11.5. The first-order chi connectivity index (χ1) is 7.70. The lowest BCUT2D eigenvalue weighted by Crippen LogP contribution is -2.03. The third-order valence-corrected chi connectivity index (χ3v) is 2.52. The fourth-order valence-corrected chi connectivity index (χ4v) is 1.65. The zero-order valence-corrected chi connectivity index (χ0v) is 8.67. The number of aliphatic hydroxyl groups is 1. The summed E-state index contributed by atoms with van der Waals surface area (Å²) in [6, 6.07) is 13.7. The molecule has 3 nitrogen and oxygen atoms in total. The molecule has 2 aromatic rings. The smallest absolute Gasteiger partial charge is 0.121 e. The molecule has 0 saturated heterocycles. The van der Waals surface area contributed by atoms with Crippen molar-refractivity contribution in [2.24, 2.45) is 0 Å². The molecule has 1 atom stereocenters. The molecule has 82 valence electrons. The van der Waals surface area contributed by atoms with Gasteiger partial charge in [-0.25, -0.2) is 0 Å². The summed E-state index contributed by atoms with van der Waals surface area (Å²) in [5, 5.41) is 19.7. The fraction of sp³-hybridized carbons (Fsp3) is 0.0769. The van der Waals surface area contributed by atoms with Crippen molar-refractivity contribution in [2.75, 3.05) is 5.73 Å². The molecule has 2 rings (SSSR count). The van der Waals surface area contributed by atoms with Crippen LogP contribution in [-0.2, 0) is 0 Å². The molecule has 0 aliphatic carbocycles. The molecule has 0 heterocycles. The lowest BCUT2D eigenvalue weighted by Gasteiger charge is -2.14. The Kier molecular flexibility index (Phi) is 2.79. The van der Waals surface area contributed by atoms with Crippen LogP contribution in [0.5, 0.6) is 5.75 Å². The molecule has 0 radical (unpaired) electrons. The van der Waals surface area contributed by atoms with E-state index in [1.165, 1.54) is 6.07 Å². The molecule has 0 saturated carbocycles. The monoisotopic (exact) mass is 215 g/mol. The van der Waals surface area contributed by atoms with Crippen LogP contribution in [0.1, 0.15) is 17.2 Å². The van der Waals surface area contributed by atoms with Crippen LogP contribution in [0.4, 0.5) is 5.69 Å². The van der Waals surface area contributed by atoms with Crippen molar-refractivity contribution in [3.05, 3.63) is 59.7 Å². The Hall–Kier alpha value is -2.00. The maximum absolute atomic E-state index is 10.1. The van der Waals surface area contributed by atoms with Crippen molar-refractivity contribution in [2.45, 2.75) is 6.10 Å². The molecular weight excluding hydrogens is 202 g/mol. The average Bonchev–Trinajstić information content (AvgIpc) is 2.29. The van der Waals surface area contributed by atoms with Crippen LogP contribution in [0, 0.1) is 0 Å². The molecule has 16 heavy (non-hydrogen) atoms. The van der Waals surface area contributed by atoms with E-state index < -0.39 is 6.10 Å². The van der Waals surface area contributed by atoms with Crippen molar-refractivity contribution in [1.82, 2.24) is 0 Å². The molecule has 0 aromatic heterocycles. The van der Waals surface area contributed by atoms with Crippen LogP contribution in [0.2, 0.25) is 0 Å². The van der Waals surface area contributed by atoms with Crippen molar-refractivity contribution in [3.63, 3.8) is 0 Å². The maximum atomic E-state index is 10.1. The number of benzene rings is 2. The second-order valence-corrected chi connectivity index (χ2v) is 3.59. The molecule has 0 fully saturated rings. The van der Waals surface area contributed by atoms with E-state index in [1.54, 1.807) is 42.5 Å². The summed E-state index contributed by atoms with van der Waals surface area (Å²) in [6.45, 7) is 0. The van der Waals surface area contributed by atoms with Crippen LogP contribution in [0.15, 0.2) is 48.5 Å². The number of nitrogens with two attached hydrogens (primary N) is 1. The second-order valence-electron chi connectivity index (χ2n) is 3.59. The topological polar surface area (TPSA) is 66.5 Å². The lowest BCUT2D eigenvalue weighted by atomic mass is 9.99. The Balaban J connectivity index is 2.44. The quantitative estimate of drug-likeness (QED) is 0.672. The van der Waals surface area contributed by atoms with Gasteiger partial charge in [-0.15, -0.1) is 0 Å². The van der Waals surface area contributed by atoms with Crippen LogP contribution >= 0.6 is 0 Å². The molecular formula is C13H13NO2. The number of phenols is 1. The molecule has 4 N–H and O–H groups in total. The van der Waals surface area contributed by atoms with E-state index in [4.69, 9.17) is 5.73 Å². The number of aromatic hydroxyl groups is 1. The number of rotatable bonds is 2. The van der Waals surface area contributed by atoms with E-state index in [2.05, 4.69) is 0 Å². The van der Waals surface area contributed by atoms with E-state index in [0.29, 0.717) is 16.8 Å². The predicted octanol–water partition coefficient (Wildman–Crippen LogP) is 2.06. The standard InChI is InChI=1S/C13H13NO2/c14-11-7-3-1-5-9(11)13(16)10-6-2-4-8-12(10)15/h1-8,13,15-16H,14H2. The van der Waals surface area contributed by atoms with Gasteiger partial charge in [0.2, 0.25) is 0 Å². The Morgan fingerprint density at radius 3 is 2.06 bits per heavy atom. The van der Waals surface area contributed by atoms with Crippen molar-refractivity contribution >= 4 is 5.69 Å². The predicted molar refractivity (Wildman–Crippen MR) is 63.0 cm³/mol. The van der Waals surface area contributed by atoms with Gasteiger partial charge >= 0.3 is 0 Å². The molecule has 0 amide bonds. The van der Waals surface area contributed by atoms with Gasteiger partial charge in [0.05, 0.1) is 0 Å². The van der Waals surface area contributed by atoms with Gasteiger partial charge in [-0.3, -0.25) is 0 Å². The Labute approximate surface area is 93.8 Å². The summed E-state index contributed by atoms with van der Waals surface area (Å²) >= 11 is 0. The zero-order valence-electron chi connectivity index (χ0n) is 8.67. The van der Waals surface area contributed by atoms with E-state index >= 15 is 0 Å². The SMILES string of the molecule is Nc1ccccc1C(O)c1ccccc1O. The number of phenolic OH excluding ortho intramolecular Hbond substituents is 1.